The number of aromatic nitrogens is 2. The van der Waals surface area contributed by atoms with E-state index in [9.17, 15) is 0 Å². The third-order valence-corrected chi connectivity index (χ3v) is 2.73. The van der Waals surface area contributed by atoms with Crippen LogP contribution in [0, 0.1) is 6.92 Å². The quantitative estimate of drug-likeness (QED) is 0.888. The molecule has 1 heterocycles. The van der Waals surface area contributed by atoms with Crippen molar-refractivity contribution in [3.8, 4) is 0 Å². The Labute approximate surface area is 99.9 Å². The highest BCUT2D eigenvalue weighted by Gasteiger charge is 2.04. The van der Waals surface area contributed by atoms with Gasteiger partial charge in [0.15, 0.2) is 0 Å². The Kier molecular flexibility index (Phi) is 3.36. The average Bonchev–Trinajstić information content (AvgIpc) is 2.25. The molecule has 0 bridgehead atoms. The predicted octanol–water partition coefficient (Wildman–Crippen LogP) is 2.35. The van der Waals surface area contributed by atoms with Gasteiger partial charge in [0.25, 0.3) is 0 Å². The van der Waals surface area contributed by atoms with Gasteiger partial charge in [-0.3, -0.25) is 0 Å². The lowest BCUT2D eigenvalue weighted by Gasteiger charge is -2.05. The van der Waals surface area contributed by atoms with E-state index in [2.05, 4.69) is 15.3 Å². The topological polar surface area (TPSA) is 37.8 Å². The van der Waals surface area contributed by atoms with Gasteiger partial charge < -0.3 is 5.32 Å². The minimum atomic E-state index is 0.713. The summed E-state index contributed by atoms with van der Waals surface area (Å²) in [4.78, 5) is 8.97. The molecule has 84 valence electrons. The van der Waals surface area contributed by atoms with E-state index in [0.29, 0.717) is 5.02 Å². The van der Waals surface area contributed by atoms with Crippen LogP contribution in [-0.2, 0) is 6.42 Å². The molecular weight excluding hydrogens is 222 g/mol. The summed E-state index contributed by atoms with van der Waals surface area (Å²) in [5, 5.41) is 4.87. The number of likely N-dealkylation sites (N-methyl/N-ethyl adjacent to an activating group) is 1. The predicted molar refractivity (Wildman–Crippen MR) is 66.9 cm³/mol. The molecule has 0 spiro atoms. The van der Waals surface area contributed by atoms with E-state index in [-0.39, 0.29) is 0 Å². The lowest BCUT2D eigenvalue weighted by Crippen LogP contribution is -2.12. The fraction of sp³-hybridized carbons (Fsp3) is 0.333. The van der Waals surface area contributed by atoms with Crippen molar-refractivity contribution in [1.82, 2.24) is 15.3 Å². The van der Waals surface area contributed by atoms with Crippen LogP contribution in [0.5, 0.6) is 0 Å². The van der Waals surface area contributed by atoms with Crippen molar-refractivity contribution >= 4 is 22.5 Å². The molecule has 0 aliphatic carbocycles. The molecule has 1 N–H and O–H groups in total. The van der Waals surface area contributed by atoms with E-state index in [1.807, 2.05) is 32.2 Å². The zero-order valence-corrected chi connectivity index (χ0v) is 10.2. The number of benzene rings is 1. The second kappa shape index (κ2) is 4.76. The molecule has 2 rings (SSSR count). The molecule has 0 saturated heterocycles. The molecule has 1 aromatic heterocycles. The molecule has 0 saturated carbocycles. The summed E-state index contributed by atoms with van der Waals surface area (Å²) in [6.07, 6.45) is 0.833. The maximum Gasteiger partial charge on any atom is 0.130 e. The van der Waals surface area contributed by atoms with Crippen molar-refractivity contribution in [2.24, 2.45) is 0 Å². The van der Waals surface area contributed by atoms with Gasteiger partial charge in [0.05, 0.1) is 5.52 Å². The standard InChI is InChI=1S/C12H14ClN3/c1-8-10-4-3-9(13)7-11(10)16-12(15-8)5-6-14-2/h3-4,7,14H,5-6H2,1-2H3. The van der Waals surface area contributed by atoms with Crippen molar-refractivity contribution in [3.05, 3.63) is 34.7 Å². The van der Waals surface area contributed by atoms with Gasteiger partial charge in [-0.1, -0.05) is 11.6 Å². The fourth-order valence-electron chi connectivity index (χ4n) is 1.67. The van der Waals surface area contributed by atoms with Crippen molar-refractivity contribution < 1.29 is 0 Å². The van der Waals surface area contributed by atoms with Gasteiger partial charge in [-0.2, -0.15) is 0 Å². The van der Waals surface area contributed by atoms with Crippen LogP contribution >= 0.6 is 11.6 Å². The Hall–Kier alpha value is -1.19. The van der Waals surface area contributed by atoms with Gasteiger partial charge in [-0.05, 0) is 32.2 Å². The number of rotatable bonds is 3. The molecule has 0 atom stereocenters. The van der Waals surface area contributed by atoms with Gasteiger partial charge in [0.2, 0.25) is 0 Å². The maximum atomic E-state index is 5.95. The number of aryl methyl sites for hydroxylation is 1. The van der Waals surface area contributed by atoms with E-state index in [0.717, 1.165) is 35.4 Å². The third-order valence-electron chi connectivity index (χ3n) is 2.49. The van der Waals surface area contributed by atoms with E-state index in [4.69, 9.17) is 11.6 Å². The fourth-order valence-corrected chi connectivity index (χ4v) is 1.84. The van der Waals surface area contributed by atoms with Crippen LogP contribution in [0.2, 0.25) is 5.02 Å². The molecule has 4 heteroatoms. The number of hydrogen-bond acceptors (Lipinski definition) is 3. The third kappa shape index (κ3) is 2.31. The molecule has 0 aliphatic rings. The minimum Gasteiger partial charge on any atom is -0.319 e. The Morgan fingerprint density at radius 3 is 2.88 bits per heavy atom. The van der Waals surface area contributed by atoms with Crippen LogP contribution in [0.3, 0.4) is 0 Å². The summed E-state index contributed by atoms with van der Waals surface area (Å²) in [7, 11) is 1.92. The summed E-state index contributed by atoms with van der Waals surface area (Å²) >= 11 is 5.95. The SMILES string of the molecule is CNCCc1nc(C)c2ccc(Cl)cc2n1. The number of hydrogen-bond donors (Lipinski definition) is 1. The minimum absolute atomic E-state index is 0.713. The molecule has 0 amide bonds. The first-order chi connectivity index (χ1) is 7.70. The molecule has 0 unspecified atom stereocenters. The van der Waals surface area contributed by atoms with Gasteiger partial charge in [0, 0.05) is 29.1 Å². The van der Waals surface area contributed by atoms with Crippen LogP contribution in [0.1, 0.15) is 11.5 Å². The monoisotopic (exact) mass is 235 g/mol. The molecule has 16 heavy (non-hydrogen) atoms. The van der Waals surface area contributed by atoms with Crippen LogP contribution in [0.15, 0.2) is 18.2 Å². The summed E-state index contributed by atoms with van der Waals surface area (Å²) in [5.74, 6) is 0.863. The normalized spacial score (nSPS) is 10.9. The molecule has 0 radical (unpaired) electrons. The lowest BCUT2D eigenvalue weighted by atomic mass is 10.2. The number of nitrogens with one attached hydrogen (secondary N) is 1. The Balaban J connectivity index is 2.47. The van der Waals surface area contributed by atoms with Crippen LogP contribution in [0.25, 0.3) is 10.9 Å². The molecule has 1 aromatic carbocycles. The van der Waals surface area contributed by atoms with E-state index < -0.39 is 0 Å². The zero-order chi connectivity index (χ0) is 11.5. The smallest absolute Gasteiger partial charge is 0.130 e. The maximum absolute atomic E-state index is 5.95. The first-order valence-electron chi connectivity index (χ1n) is 5.28. The summed E-state index contributed by atoms with van der Waals surface area (Å²) in [6.45, 7) is 2.88. The number of halogens is 1. The lowest BCUT2D eigenvalue weighted by molar-refractivity contribution is 0.756. The van der Waals surface area contributed by atoms with Gasteiger partial charge >= 0.3 is 0 Å². The highest BCUT2D eigenvalue weighted by molar-refractivity contribution is 6.31. The Morgan fingerprint density at radius 1 is 1.31 bits per heavy atom. The Bertz CT molecular complexity index is 511. The Morgan fingerprint density at radius 2 is 2.12 bits per heavy atom. The number of fused-ring (bicyclic) bond motifs is 1. The van der Waals surface area contributed by atoms with Gasteiger partial charge in [-0.15, -0.1) is 0 Å². The summed E-state index contributed by atoms with van der Waals surface area (Å²) in [6, 6.07) is 5.72. The van der Waals surface area contributed by atoms with Gasteiger partial charge in [-0.25, -0.2) is 9.97 Å². The van der Waals surface area contributed by atoms with Crippen LogP contribution in [-0.4, -0.2) is 23.6 Å². The highest BCUT2D eigenvalue weighted by atomic mass is 35.5. The van der Waals surface area contributed by atoms with Crippen LogP contribution < -0.4 is 5.32 Å². The van der Waals surface area contributed by atoms with Crippen molar-refractivity contribution in [2.75, 3.05) is 13.6 Å². The van der Waals surface area contributed by atoms with Crippen molar-refractivity contribution in [2.45, 2.75) is 13.3 Å². The van der Waals surface area contributed by atoms with E-state index >= 15 is 0 Å². The van der Waals surface area contributed by atoms with Crippen LogP contribution in [0.4, 0.5) is 0 Å². The molecule has 0 fully saturated rings. The molecule has 0 aliphatic heterocycles. The van der Waals surface area contributed by atoms with Crippen molar-refractivity contribution in [3.63, 3.8) is 0 Å². The first kappa shape index (κ1) is 11.3. The summed E-state index contributed by atoms with van der Waals surface area (Å²) < 4.78 is 0. The van der Waals surface area contributed by atoms with Crippen molar-refractivity contribution in [1.29, 1.82) is 0 Å². The molecule has 2 aromatic rings. The van der Waals surface area contributed by atoms with E-state index in [1.54, 1.807) is 0 Å². The highest BCUT2D eigenvalue weighted by Crippen LogP contribution is 2.19. The summed E-state index contributed by atoms with van der Waals surface area (Å²) in [5.41, 5.74) is 1.93. The number of nitrogens with zero attached hydrogens (tertiary/aromatic N) is 2. The average molecular weight is 236 g/mol. The first-order valence-corrected chi connectivity index (χ1v) is 5.66. The van der Waals surface area contributed by atoms with Gasteiger partial charge in [0.1, 0.15) is 5.82 Å². The van der Waals surface area contributed by atoms with E-state index in [1.165, 1.54) is 0 Å². The largest absolute Gasteiger partial charge is 0.319 e. The molecule has 3 nitrogen and oxygen atoms in total. The second-order valence-electron chi connectivity index (χ2n) is 3.74. The molecular formula is C12H14ClN3. The zero-order valence-electron chi connectivity index (χ0n) is 9.42. The second-order valence-corrected chi connectivity index (χ2v) is 4.18.